The Morgan fingerprint density at radius 1 is 1.16 bits per heavy atom. The van der Waals surface area contributed by atoms with Crippen molar-refractivity contribution in [3.63, 3.8) is 0 Å². The van der Waals surface area contributed by atoms with E-state index in [4.69, 9.17) is 5.73 Å². The molecule has 0 bridgehead atoms. The molecule has 3 rings (SSSR count). The van der Waals surface area contributed by atoms with Crippen LogP contribution in [0.1, 0.15) is 11.8 Å². The number of nitrogens with two attached hydrogens (primary N) is 1. The maximum atomic E-state index is 6.01. The molecule has 0 spiro atoms. The number of rotatable bonds is 3. The lowest BCUT2D eigenvalue weighted by atomic mass is 10.0. The van der Waals surface area contributed by atoms with E-state index in [1.807, 2.05) is 18.2 Å². The molecular weight excluding hydrogens is 254 g/mol. The molecular formula is C15H15N3S. The van der Waals surface area contributed by atoms with E-state index in [9.17, 15) is 0 Å². The standard InChI is InChI=1S/C15H15N3S/c1-2-11-8-9-12(19-11)14-13(15(16)18-17-14)10-6-4-3-5-7-10/h3-9H,2H2,1H3,(H3,16,17,18). The number of nitrogen functional groups attached to an aromatic ring is 1. The van der Waals surface area contributed by atoms with Gasteiger partial charge in [-0.25, -0.2) is 0 Å². The van der Waals surface area contributed by atoms with Gasteiger partial charge in [-0.3, -0.25) is 5.10 Å². The molecule has 0 aliphatic rings. The van der Waals surface area contributed by atoms with Crippen LogP contribution in [0.4, 0.5) is 5.82 Å². The van der Waals surface area contributed by atoms with Gasteiger partial charge in [0.05, 0.1) is 16.1 Å². The molecule has 0 aliphatic carbocycles. The van der Waals surface area contributed by atoms with E-state index in [1.165, 1.54) is 9.75 Å². The minimum Gasteiger partial charge on any atom is -0.382 e. The fraction of sp³-hybridized carbons (Fsp3) is 0.133. The quantitative estimate of drug-likeness (QED) is 0.756. The molecule has 0 atom stereocenters. The molecule has 4 heteroatoms. The second-order valence-corrected chi connectivity index (χ2v) is 5.51. The summed E-state index contributed by atoms with van der Waals surface area (Å²) in [6.07, 6.45) is 1.05. The molecule has 3 aromatic rings. The lowest BCUT2D eigenvalue weighted by molar-refractivity contribution is 1.11. The highest BCUT2D eigenvalue weighted by Gasteiger charge is 2.15. The van der Waals surface area contributed by atoms with Crippen LogP contribution >= 0.6 is 11.3 Å². The number of nitrogens with one attached hydrogen (secondary N) is 1. The lowest BCUT2D eigenvalue weighted by Gasteiger charge is -2.02. The van der Waals surface area contributed by atoms with E-state index in [2.05, 4.69) is 41.4 Å². The van der Waals surface area contributed by atoms with Crippen molar-refractivity contribution in [2.75, 3.05) is 5.73 Å². The van der Waals surface area contributed by atoms with Crippen molar-refractivity contribution in [1.29, 1.82) is 0 Å². The summed E-state index contributed by atoms with van der Waals surface area (Å²) >= 11 is 1.78. The number of anilines is 1. The molecule has 0 aliphatic heterocycles. The predicted octanol–water partition coefficient (Wildman–Crippen LogP) is 3.95. The van der Waals surface area contributed by atoms with Crippen molar-refractivity contribution >= 4 is 17.2 Å². The molecule has 1 aromatic carbocycles. The van der Waals surface area contributed by atoms with Crippen LogP contribution in [0, 0.1) is 0 Å². The summed E-state index contributed by atoms with van der Waals surface area (Å²) in [4.78, 5) is 2.54. The highest BCUT2D eigenvalue weighted by atomic mass is 32.1. The molecule has 96 valence electrons. The Morgan fingerprint density at radius 3 is 2.63 bits per heavy atom. The molecule has 0 fully saturated rings. The molecule has 0 amide bonds. The Morgan fingerprint density at radius 2 is 1.95 bits per heavy atom. The SMILES string of the molecule is CCc1ccc(-c2[nH]nc(N)c2-c2ccccc2)s1. The van der Waals surface area contributed by atoms with Crippen LogP contribution in [0.2, 0.25) is 0 Å². The monoisotopic (exact) mass is 269 g/mol. The average molecular weight is 269 g/mol. The summed E-state index contributed by atoms with van der Waals surface area (Å²) < 4.78 is 0. The van der Waals surface area contributed by atoms with Crippen LogP contribution in [0.15, 0.2) is 42.5 Å². The Labute approximate surface area is 116 Å². The van der Waals surface area contributed by atoms with Gasteiger partial charge in [0.25, 0.3) is 0 Å². The third-order valence-electron chi connectivity index (χ3n) is 3.11. The summed E-state index contributed by atoms with van der Waals surface area (Å²) in [7, 11) is 0. The van der Waals surface area contributed by atoms with Gasteiger partial charge < -0.3 is 5.73 Å². The van der Waals surface area contributed by atoms with E-state index in [0.717, 1.165) is 23.2 Å². The summed E-state index contributed by atoms with van der Waals surface area (Å²) in [5, 5.41) is 7.23. The van der Waals surface area contributed by atoms with Gasteiger partial charge in [0.15, 0.2) is 5.82 Å². The third kappa shape index (κ3) is 2.15. The molecule has 2 aromatic heterocycles. The lowest BCUT2D eigenvalue weighted by Crippen LogP contribution is -1.87. The fourth-order valence-corrected chi connectivity index (χ4v) is 3.08. The van der Waals surface area contributed by atoms with E-state index in [1.54, 1.807) is 11.3 Å². The number of aromatic nitrogens is 2. The molecule has 0 unspecified atom stereocenters. The average Bonchev–Trinajstić information content (AvgIpc) is 3.05. The molecule has 3 N–H and O–H groups in total. The first kappa shape index (κ1) is 12.0. The number of hydrogen-bond donors (Lipinski definition) is 2. The number of aromatic amines is 1. The first-order chi connectivity index (χ1) is 9.29. The van der Waals surface area contributed by atoms with Crippen LogP contribution in [-0.2, 0) is 6.42 Å². The minimum absolute atomic E-state index is 0.549. The van der Waals surface area contributed by atoms with Crippen molar-refractivity contribution < 1.29 is 0 Å². The van der Waals surface area contributed by atoms with Crippen molar-refractivity contribution in [2.24, 2.45) is 0 Å². The number of nitrogens with zero attached hydrogens (tertiary/aromatic N) is 1. The Bertz CT molecular complexity index is 682. The number of hydrogen-bond acceptors (Lipinski definition) is 3. The van der Waals surface area contributed by atoms with Gasteiger partial charge in [-0.2, -0.15) is 5.10 Å². The van der Waals surface area contributed by atoms with Crippen LogP contribution in [0.5, 0.6) is 0 Å². The maximum Gasteiger partial charge on any atom is 0.153 e. The molecule has 3 nitrogen and oxygen atoms in total. The van der Waals surface area contributed by atoms with Crippen LogP contribution in [0.25, 0.3) is 21.7 Å². The van der Waals surface area contributed by atoms with Crippen molar-refractivity contribution in [2.45, 2.75) is 13.3 Å². The molecule has 19 heavy (non-hydrogen) atoms. The smallest absolute Gasteiger partial charge is 0.153 e. The zero-order chi connectivity index (χ0) is 13.2. The van der Waals surface area contributed by atoms with E-state index in [0.29, 0.717) is 5.82 Å². The van der Waals surface area contributed by atoms with Crippen LogP contribution < -0.4 is 5.73 Å². The Hall–Kier alpha value is -2.07. The highest BCUT2D eigenvalue weighted by molar-refractivity contribution is 7.15. The van der Waals surface area contributed by atoms with Gasteiger partial charge in [0.2, 0.25) is 0 Å². The summed E-state index contributed by atoms with van der Waals surface area (Å²) in [6, 6.07) is 14.4. The van der Waals surface area contributed by atoms with Crippen LogP contribution in [-0.4, -0.2) is 10.2 Å². The number of H-pyrrole nitrogens is 1. The molecule has 2 heterocycles. The fourth-order valence-electron chi connectivity index (χ4n) is 2.13. The normalized spacial score (nSPS) is 10.8. The summed E-state index contributed by atoms with van der Waals surface area (Å²) in [5.74, 6) is 0.549. The third-order valence-corrected chi connectivity index (χ3v) is 4.36. The predicted molar refractivity (Wildman–Crippen MR) is 81.1 cm³/mol. The van der Waals surface area contributed by atoms with Gasteiger partial charge in [-0.1, -0.05) is 37.3 Å². The van der Waals surface area contributed by atoms with Crippen molar-refractivity contribution in [3.05, 3.63) is 47.3 Å². The summed E-state index contributed by atoms with van der Waals surface area (Å²) in [5.41, 5.74) is 9.10. The van der Waals surface area contributed by atoms with E-state index < -0.39 is 0 Å². The highest BCUT2D eigenvalue weighted by Crippen LogP contribution is 2.37. The van der Waals surface area contributed by atoms with Gasteiger partial charge in [-0.05, 0) is 24.1 Å². The Kier molecular flexibility index (Phi) is 3.09. The second-order valence-electron chi connectivity index (χ2n) is 4.34. The number of benzene rings is 1. The maximum absolute atomic E-state index is 6.01. The van der Waals surface area contributed by atoms with Gasteiger partial charge in [0.1, 0.15) is 0 Å². The number of thiophene rings is 1. The molecule has 0 radical (unpaired) electrons. The zero-order valence-corrected chi connectivity index (χ0v) is 11.5. The summed E-state index contributed by atoms with van der Waals surface area (Å²) in [6.45, 7) is 2.16. The van der Waals surface area contributed by atoms with Gasteiger partial charge >= 0.3 is 0 Å². The first-order valence-electron chi connectivity index (χ1n) is 6.28. The van der Waals surface area contributed by atoms with E-state index >= 15 is 0 Å². The van der Waals surface area contributed by atoms with E-state index in [-0.39, 0.29) is 0 Å². The molecule has 0 saturated heterocycles. The Balaban J connectivity index is 2.13. The zero-order valence-electron chi connectivity index (χ0n) is 10.7. The van der Waals surface area contributed by atoms with Gasteiger partial charge in [0, 0.05) is 4.88 Å². The van der Waals surface area contributed by atoms with Crippen LogP contribution in [0.3, 0.4) is 0 Å². The second kappa shape index (κ2) is 4.90. The van der Waals surface area contributed by atoms with Crippen molar-refractivity contribution in [1.82, 2.24) is 10.2 Å². The van der Waals surface area contributed by atoms with Crippen molar-refractivity contribution in [3.8, 4) is 21.7 Å². The largest absolute Gasteiger partial charge is 0.382 e. The first-order valence-corrected chi connectivity index (χ1v) is 7.09. The minimum atomic E-state index is 0.549. The topological polar surface area (TPSA) is 54.7 Å². The number of aryl methyl sites for hydroxylation is 1. The van der Waals surface area contributed by atoms with Gasteiger partial charge in [-0.15, -0.1) is 11.3 Å². The molecule has 0 saturated carbocycles.